The average Bonchev–Trinajstić information content (AvgIpc) is 2.97. The second kappa shape index (κ2) is 16.3. The summed E-state index contributed by atoms with van der Waals surface area (Å²) in [6, 6.07) is 23.9. The summed E-state index contributed by atoms with van der Waals surface area (Å²) in [4.78, 5) is 18.9. The number of nitrogens with two attached hydrogens (primary N) is 1. The highest BCUT2D eigenvalue weighted by Crippen LogP contribution is 2.40. The van der Waals surface area contributed by atoms with Crippen molar-refractivity contribution in [3.63, 3.8) is 0 Å². The highest BCUT2D eigenvalue weighted by Gasteiger charge is 2.19. The summed E-state index contributed by atoms with van der Waals surface area (Å²) >= 11 is 0. The second-order valence-corrected chi connectivity index (χ2v) is 11.1. The fourth-order valence-electron chi connectivity index (χ4n) is 4.72. The Balaban J connectivity index is 0.000000484. The van der Waals surface area contributed by atoms with E-state index in [1.807, 2.05) is 6.92 Å². The quantitative estimate of drug-likeness (QED) is 0.123. The molecule has 0 amide bonds. The van der Waals surface area contributed by atoms with Crippen molar-refractivity contribution in [2.24, 2.45) is 5.73 Å². The van der Waals surface area contributed by atoms with E-state index < -0.39 is 7.60 Å². The van der Waals surface area contributed by atoms with Gasteiger partial charge in [0.2, 0.25) is 5.36 Å². The molecule has 4 rings (SSSR count). The molecule has 1 aliphatic heterocycles. The Morgan fingerprint density at radius 2 is 1.52 bits per heavy atom. The number of hydrogen-bond donors (Lipinski definition) is 3. The minimum Gasteiger partial charge on any atom is -0.456 e. The zero-order valence-corrected chi connectivity index (χ0v) is 25.8. The van der Waals surface area contributed by atoms with Gasteiger partial charge in [-0.2, -0.15) is 0 Å². The van der Waals surface area contributed by atoms with Crippen molar-refractivity contribution in [2.45, 2.75) is 47.5 Å². The Morgan fingerprint density at radius 3 is 2.05 bits per heavy atom. The average molecular weight is 569 g/mol. The van der Waals surface area contributed by atoms with Crippen molar-refractivity contribution >= 4 is 24.3 Å². The molecular formula is C32H47N3O4P+. The van der Waals surface area contributed by atoms with Crippen LogP contribution in [0, 0.1) is 0 Å². The van der Waals surface area contributed by atoms with Crippen molar-refractivity contribution in [3.8, 4) is 22.5 Å². The third kappa shape index (κ3) is 8.77. The summed E-state index contributed by atoms with van der Waals surface area (Å²) in [5.41, 5.74) is 10.2. The normalized spacial score (nSPS) is 10.9. The fourth-order valence-corrected chi connectivity index (χ4v) is 5.45. The smallest absolute Gasteiger partial charge is 0.325 e. The summed E-state index contributed by atoms with van der Waals surface area (Å²) < 4.78 is 19.0. The maximum atomic E-state index is 10.1. The van der Waals surface area contributed by atoms with E-state index in [1.54, 1.807) is 0 Å². The standard InChI is InChI=1S/C27H31N2O.C4H11O3P.CH5N/c1-5-28(6-2)21-14-16-23-25(18-21)30-26-19-22(29(7-3)8-4)15-17-24(26)27(23)20-12-10-9-11-13-20;1-2-3-4-8(5,6)7;1-2/h9-19H,5-8H2,1-4H3;2-4H2,1H3,(H2,5,6,7);2H2,1H3/q+1;;. The van der Waals surface area contributed by atoms with Crippen molar-refractivity contribution in [1.82, 2.24) is 4.58 Å². The van der Waals surface area contributed by atoms with Gasteiger partial charge in [0.1, 0.15) is 24.4 Å². The molecule has 1 aliphatic carbocycles. The van der Waals surface area contributed by atoms with E-state index in [9.17, 15) is 4.57 Å². The molecule has 0 bridgehead atoms. The number of nitrogens with zero attached hydrogens (tertiary/aromatic N) is 2. The van der Waals surface area contributed by atoms with Gasteiger partial charge in [-0.15, -0.1) is 0 Å². The van der Waals surface area contributed by atoms with Crippen molar-refractivity contribution in [3.05, 3.63) is 72.1 Å². The number of unbranched alkanes of at least 4 members (excludes halogenated alkanes) is 1. The minimum absolute atomic E-state index is 0.0312. The van der Waals surface area contributed by atoms with Crippen LogP contribution in [0.1, 0.15) is 47.5 Å². The number of anilines is 1. The molecule has 0 spiro atoms. The summed E-state index contributed by atoms with van der Waals surface area (Å²) in [7, 11) is -2.18. The number of hydrogen-bond acceptors (Lipinski definition) is 4. The van der Waals surface area contributed by atoms with Crippen LogP contribution < -0.4 is 20.6 Å². The monoisotopic (exact) mass is 568 g/mol. The van der Waals surface area contributed by atoms with Gasteiger partial charge in [-0.3, -0.25) is 4.57 Å². The first-order valence-electron chi connectivity index (χ1n) is 14.3. The van der Waals surface area contributed by atoms with Gasteiger partial charge in [0, 0.05) is 53.6 Å². The van der Waals surface area contributed by atoms with Crippen LogP contribution in [-0.2, 0) is 4.57 Å². The first-order chi connectivity index (χ1) is 19.3. The second-order valence-electron chi connectivity index (χ2n) is 9.29. The summed E-state index contributed by atoms with van der Waals surface area (Å²) in [6.45, 7) is 14.6. The molecule has 0 radical (unpaired) electrons. The van der Waals surface area contributed by atoms with E-state index in [2.05, 4.69) is 110 Å². The van der Waals surface area contributed by atoms with Crippen LogP contribution in [0.3, 0.4) is 0 Å². The molecule has 7 nitrogen and oxygen atoms in total. The van der Waals surface area contributed by atoms with E-state index in [0.29, 0.717) is 6.42 Å². The zero-order chi connectivity index (χ0) is 29.7. The van der Waals surface area contributed by atoms with Crippen LogP contribution in [0.5, 0.6) is 0 Å². The first kappa shape index (κ1) is 33.2. The van der Waals surface area contributed by atoms with Crippen molar-refractivity contribution in [2.75, 3.05) is 44.3 Å². The lowest BCUT2D eigenvalue weighted by molar-refractivity contribution is 0.371. The van der Waals surface area contributed by atoms with Crippen LogP contribution in [-0.4, -0.2) is 49.2 Å². The van der Waals surface area contributed by atoms with E-state index in [4.69, 9.17) is 14.2 Å². The van der Waals surface area contributed by atoms with Crippen molar-refractivity contribution < 1.29 is 18.8 Å². The third-order valence-electron chi connectivity index (χ3n) is 6.81. The summed E-state index contributed by atoms with van der Waals surface area (Å²) in [6.07, 6.45) is 1.49. The molecule has 2 aromatic carbocycles. The highest BCUT2D eigenvalue weighted by atomic mass is 31.2. The van der Waals surface area contributed by atoms with Gasteiger partial charge in [0.05, 0.1) is 6.07 Å². The Kier molecular flexibility index (Phi) is 13.6. The van der Waals surface area contributed by atoms with Crippen molar-refractivity contribution in [1.29, 1.82) is 0 Å². The molecule has 218 valence electrons. The first-order valence-corrected chi connectivity index (χ1v) is 16.1. The maximum absolute atomic E-state index is 10.1. The summed E-state index contributed by atoms with van der Waals surface area (Å²) in [5, 5.41) is 2.36. The van der Waals surface area contributed by atoms with Gasteiger partial charge in [-0.1, -0.05) is 43.7 Å². The lowest BCUT2D eigenvalue weighted by Crippen LogP contribution is -2.29. The van der Waals surface area contributed by atoms with Gasteiger partial charge >= 0.3 is 7.60 Å². The Labute approximate surface area is 239 Å². The lowest BCUT2D eigenvalue weighted by atomic mass is 9.93. The zero-order valence-electron chi connectivity index (χ0n) is 24.9. The van der Waals surface area contributed by atoms with E-state index in [1.165, 1.54) is 29.2 Å². The molecule has 0 saturated carbocycles. The molecule has 8 heteroatoms. The molecule has 2 aliphatic rings. The van der Waals surface area contributed by atoms with Crippen LogP contribution in [0.2, 0.25) is 0 Å². The molecule has 0 unspecified atom stereocenters. The largest absolute Gasteiger partial charge is 0.456 e. The van der Waals surface area contributed by atoms with Gasteiger partial charge in [0.15, 0.2) is 0 Å². The molecule has 1 heterocycles. The van der Waals surface area contributed by atoms with Crippen LogP contribution >= 0.6 is 7.60 Å². The molecule has 0 atom stereocenters. The topological polar surface area (TPSA) is 103 Å². The van der Waals surface area contributed by atoms with Crippen LogP contribution in [0.15, 0.2) is 71.1 Å². The highest BCUT2D eigenvalue weighted by molar-refractivity contribution is 7.51. The number of fused-ring (bicyclic) bond motifs is 2. The van der Waals surface area contributed by atoms with Gasteiger partial charge in [0.25, 0.3) is 0 Å². The van der Waals surface area contributed by atoms with Gasteiger partial charge < -0.3 is 24.8 Å². The van der Waals surface area contributed by atoms with Crippen LogP contribution in [0.25, 0.3) is 33.4 Å². The molecule has 0 aromatic heterocycles. The van der Waals surface area contributed by atoms with Gasteiger partial charge in [-0.05, 0) is 64.9 Å². The molecule has 0 saturated heterocycles. The van der Waals surface area contributed by atoms with E-state index in [0.717, 1.165) is 54.9 Å². The molecular weight excluding hydrogens is 521 g/mol. The summed E-state index contributed by atoms with van der Waals surface area (Å²) in [5.74, 6) is 0.933. The van der Waals surface area contributed by atoms with Crippen LogP contribution in [0.4, 0.5) is 5.69 Å². The number of benzene rings is 3. The minimum atomic E-state index is -3.68. The van der Waals surface area contributed by atoms with E-state index in [-0.39, 0.29) is 6.16 Å². The predicted octanol–water partition coefficient (Wildman–Crippen LogP) is 6.40. The Bertz CT molecular complexity index is 1400. The van der Waals surface area contributed by atoms with Gasteiger partial charge in [-0.25, -0.2) is 4.58 Å². The SMILES string of the molecule is CCCCP(=O)(O)O.CCN(CC)c1ccc2c(-c3ccccc3)c3ccc(=[N+](CC)CC)cc-3oc2c1.CN. The third-order valence-corrected chi connectivity index (χ3v) is 7.71. The van der Waals surface area contributed by atoms with E-state index >= 15 is 0 Å². The molecule has 4 N–H and O–H groups in total. The lowest BCUT2D eigenvalue weighted by Gasteiger charge is -2.22. The molecule has 40 heavy (non-hydrogen) atoms. The predicted molar refractivity (Wildman–Crippen MR) is 170 cm³/mol. The Morgan fingerprint density at radius 1 is 0.875 bits per heavy atom. The molecule has 2 aromatic rings. The Hall–Kier alpha value is -2.96. The maximum Gasteiger partial charge on any atom is 0.325 e. The number of rotatable bonds is 9. The molecule has 0 fully saturated rings. The fraction of sp³-hybridized carbons (Fsp3) is 0.406.